The molecule has 0 aromatic heterocycles. The summed E-state index contributed by atoms with van der Waals surface area (Å²) in [7, 11) is -3.84. The van der Waals surface area contributed by atoms with Crippen molar-refractivity contribution in [3.63, 3.8) is 0 Å². The number of hydrogen-bond acceptors (Lipinski definition) is 3. The number of benzene rings is 1. The lowest BCUT2D eigenvalue weighted by Gasteiger charge is -2.28. The van der Waals surface area contributed by atoms with Gasteiger partial charge in [-0.05, 0) is 37.0 Å². The maximum absolute atomic E-state index is 12.7. The lowest BCUT2D eigenvalue weighted by Crippen LogP contribution is -2.38. The Kier molecular flexibility index (Phi) is 4.75. The summed E-state index contributed by atoms with van der Waals surface area (Å²) < 4.78 is 23.5. The number of primary sulfonamides is 1. The van der Waals surface area contributed by atoms with Gasteiger partial charge in [0, 0.05) is 22.6 Å². The topological polar surface area (TPSA) is 80.5 Å². The highest BCUT2D eigenvalue weighted by molar-refractivity contribution is 9.10. The van der Waals surface area contributed by atoms with E-state index in [1.54, 1.807) is 6.07 Å². The number of carbonyl (C=O) groups is 1. The highest BCUT2D eigenvalue weighted by atomic mass is 79.9. The molecule has 0 spiro atoms. The van der Waals surface area contributed by atoms with Crippen LogP contribution < -0.4 is 5.14 Å². The maximum atomic E-state index is 12.7. The standard InChI is InChI=1S/C14H19BrN2O3S/c1-9(2)13-4-3-5-17(13)14(18)10-6-11(15)8-12(7-10)21(16,19)20/h6-9,13H,3-5H2,1-2H3,(H2,16,19,20). The smallest absolute Gasteiger partial charge is 0.254 e. The van der Waals surface area contributed by atoms with Gasteiger partial charge >= 0.3 is 0 Å². The van der Waals surface area contributed by atoms with Crippen molar-refractivity contribution >= 4 is 31.9 Å². The Morgan fingerprint density at radius 2 is 2.05 bits per heavy atom. The molecule has 1 unspecified atom stereocenters. The van der Waals surface area contributed by atoms with Crippen LogP contribution >= 0.6 is 15.9 Å². The highest BCUT2D eigenvalue weighted by Gasteiger charge is 2.31. The molecule has 1 aromatic rings. The SMILES string of the molecule is CC(C)C1CCCN1C(=O)c1cc(Br)cc(S(N)(=O)=O)c1. The van der Waals surface area contributed by atoms with E-state index in [0.29, 0.717) is 22.5 Å². The van der Waals surface area contributed by atoms with E-state index in [4.69, 9.17) is 5.14 Å². The summed E-state index contributed by atoms with van der Waals surface area (Å²) in [6, 6.07) is 4.58. The van der Waals surface area contributed by atoms with Gasteiger partial charge in [0.05, 0.1) is 4.90 Å². The van der Waals surface area contributed by atoms with Gasteiger partial charge in [-0.3, -0.25) is 4.79 Å². The van der Waals surface area contributed by atoms with Crippen molar-refractivity contribution in [3.8, 4) is 0 Å². The van der Waals surface area contributed by atoms with Gasteiger partial charge in [0.2, 0.25) is 10.0 Å². The second-order valence-corrected chi connectivity index (χ2v) is 8.15. The molecule has 5 nitrogen and oxygen atoms in total. The average molecular weight is 375 g/mol. The fourth-order valence-electron chi connectivity index (χ4n) is 2.75. The molecule has 1 atom stereocenters. The molecule has 21 heavy (non-hydrogen) atoms. The summed E-state index contributed by atoms with van der Waals surface area (Å²) in [6.45, 7) is 4.89. The molecule has 1 fully saturated rings. The Labute approximate surface area is 133 Å². The molecule has 7 heteroatoms. The molecule has 0 aliphatic carbocycles. The molecule has 1 aliphatic heterocycles. The number of sulfonamides is 1. The quantitative estimate of drug-likeness (QED) is 0.881. The number of hydrogen-bond donors (Lipinski definition) is 1. The van der Waals surface area contributed by atoms with Crippen LogP contribution in [0.1, 0.15) is 37.0 Å². The Morgan fingerprint density at radius 3 is 2.62 bits per heavy atom. The monoisotopic (exact) mass is 374 g/mol. The molecular weight excluding hydrogens is 356 g/mol. The molecule has 116 valence electrons. The first-order valence-corrected chi connectivity index (χ1v) is 9.18. The zero-order chi connectivity index (χ0) is 15.8. The number of carbonyl (C=O) groups excluding carboxylic acids is 1. The molecule has 1 saturated heterocycles. The van der Waals surface area contributed by atoms with E-state index in [-0.39, 0.29) is 16.8 Å². The van der Waals surface area contributed by atoms with Gasteiger partial charge < -0.3 is 4.90 Å². The summed E-state index contributed by atoms with van der Waals surface area (Å²) >= 11 is 3.24. The summed E-state index contributed by atoms with van der Waals surface area (Å²) in [5.41, 5.74) is 0.348. The molecule has 1 aromatic carbocycles. The number of rotatable bonds is 3. The molecule has 2 N–H and O–H groups in total. The second kappa shape index (κ2) is 6.06. The first-order chi connectivity index (χ1) is 9.70. The van der Waals surface area contributed by atoms with Crippen LogP contribution in [0.25, 0.3) is 0 Å². The van der Waals surface area contributed by atoms with Crippen LogP contribution in [-0.2, 0) is 10.0 Å². The van der Waals surface area contributed by atoms with Gasteiger partial charge in [-0.15, -0.1) is 0 Å². The third-order valence-electron chi connectivity index (χ3n) is 3.78. The van der Waals surface area contributed by atoms with Crippen molar-refractivity contribution in [2.45, 2.75) is 37.6 Å². The van der Waals surface area contributed by atoms with Crippen LogP contribution in [-0.4, -0.2) is 31.8 Å². The fourth-order valence-corrected chi connectivity index (χ4v) is 3.98. The van der Waals surface area contributed by atoms with Crippen molar-refractivity contribution in [2.75, 3.05) is 6.54 Å². The Bertz CT molecular complexity index is 658. The van der Waals surface area contributed by atoms with Crippen LogP contribution in [0.4, 0.5) is 0 Å². The minimum atomic E-state index is -3.84. The Balaban J connectivity index is 2.38. The molecule has 0 radical (unpaired) electrons. The van der Waals surface area contributed by atoms with Crippen LogP contribution in [0, 0.1) is 5.92 Å². The van der Waals surface area contributed by atoms with E-state index in [1.165, 1.54) is 12.1 Å². The van der Waals surface area contributed by atoms with Gasteiger partial charge in [-0.2, -0.15) is 0 Å². The van der Waals surface area contributed by atoms with Crippen molar-refractivity contribution in [3.05, 3.63) is 28.2 Å². The van der Waals surface area contributed by atoms with Gasteiger partial charge in [0.15, 0.2) is 0 Å². The van der Waals surface area contributed by atoms with Crippen molar-refractivity contribution < 1.29 is 13.2 Å². The Hall–Kier alpha value is -0.920. The first-order valence-electron chi connectivity index (χ1n) is 6.84. The third kappa shape index (κ3) is 3.64. The lowest BCUT2D eigenvalue weighted by atomic mass is 10.0. The molecule has 0 saturated carbocycles. The van der Waals surface area contributed by atoms with Crippen LogP contribution in [0.2, 0.25) is 0 Å². The first kappa shape index (κ1) is 16.5. The predicted molar refractivity (Wildman–Crippen MR) is 84.4 cm³/mol. The van der Waals surface area contributed by atoms with E-state index < -0.39 is 10.0 Å². The minimum Gasteiger partial charge on any atom is -0.335 e. The minimum absolute atomic E-state index is 0.0551. The van der Waals surface area contributed by atoms with E-state index >= 15 is 0 Å². The van der Waals surface area contributed by atoms with Crippen LogP contribution in [0.15, 0.2) is 27.6 Å². The lowest BCUT2D eigenvalue weighted by molar-refractivity contribution is 0.0701. The fraction of sp³-hybridized carbons (Fsp3) is 0.500. The largest absolute Gasteiger partial charge is 0.335 e. The molecule has 1 heterocycles. The molecular formula is C14H19BrN2O3S. The maximum Gasteiger partial charge on any atom is 0.254 e. The number of likely N-dealkylation sites (tertiary alicyclic amines) is 1. The van der Waals surface area contributed by atoms with E-state index in [1.807, 2.05) is 4.90 Å². The highest BCUT2D eigenvalue weighted by Crippen LogP contribution is 2.27. The number of nitrogens with two attached hydrogens (primary N) is 1. The van der Waals surface area contributed by atoms with Crippen molar-refractivity contribution in [1.82, 2.24) is 4.90 Å². The zero-order valence-electron chi connectivity index (χ0n) is 12.0. The van der Waals surface area contributed by atoms with Crippen molar-refractivity contribution in [1.29, 1.82) is 0 Å². The summed E-state index contributed by atoms with van der Waals surface area (Å²) in [6.07, 6.45) is 1.96. The molecule has 2 rings (SSSR count). The normalized spacial score (nSPS) is 19.3. The summed E-state index contributed by atoms with van der Waals surface area (Å²) in [5.74, 6) is 0.235. The van der Waals surface area contributed by atoms with Crippen LogP contribution in [0.5, 0.6) is 0 Å². The Morgan fingerprint density at radius 1 is 1.38 bits per heavy atom. The summed E-state index contributed by atoms with van der Waals surface area (Å²) in [5, 5.41) is 5.15. The molecule has 1 amide bonds. The zero-order valence-corrected chi connectivity index (χ0v) is 14.4. The molecule has 0 bridgehead atoms. The van der Waals surface area contributed by atoms with E-state index in [0.717, 1.165) is 12.8 Å². The average Bonchev–Trinajstić information content (AvgIpc) is 2.85. The number of amides is 1. The van der Waals surface area contributed by atoms with Crippen molar-refractivity contribution in [2.24, 2.45) is 11.1 Å². The molecule has 1 aliphatic rings. The van der Waals surface area contributed by atoms with E-state index in [2.05, 4.69) is 29.8 Å². The summed E-state index contributed by atoms with van der Waals surface area (Å²) in [4.78, 5) is 14.4. The van der Waals surface area contributed by atoms with Gasteiger partial charge in [-0.1, -0.05) is 29.8 Å². The van der Waals surface area contributed by atoms with Gasteiger partial charge in [0.25, 0.3) is 5.91 Å². The number of nitrogens with zero attached hydrogens (tertiary/aromatic N) is 1. The third-order valence-corrected chi connectivity index (χ3v) is 5.13. The van der Waals surface area contributed by atoms with Gasteiger partial charge in [0.1, 0.15) is 0 Å². The number of halogens is 1. The van der Waals surface area contributed by atoms with Crippen LogP contribution in [0.3, 0.4) is 0 Å². The van der Waals surface area contributed by atoms with E-state index in [9.17, 15) is 13.2 Å². The second-order valence-electron chi connectivity index (χ2n) is 5.67. The van der Waals surface area contributed by atoms with Gasteiger partial charge in [-0.25, -0.2) is 13.6 Å². The predicted octanol–water partition coefficient (Wildman–Crippen LogP) is 2.36.